The van der Waals surface area contributed by atoms with E-state index in [0.29, 0.717) is 10.8 Å². The number of hydrogen-bond acceptors (Lipinski definition) is 5. The number of esters is 1. The van der Waals surface area contributed by atoms with Gasteiger partial charge in [-0.05, 0) is 53.9 Å². The molecule has 6 heteroatoms. The summed E-state index contributed by atoms with van der Waals surface area (Å²) in [5.74, 6) is -0.405. The quantitative estimate of drug-likeness (QED) is 0.237. The van der Waals surface area contributed by atoms with Gasteiger partial charge in [0.25, 0.3) is 0 Å². The van der Waals surface area contributed by atoms with Gasteiger partial charge < -0.3 is 9.47 Å². The lowest BCUT2D eigenvalue weighted by molar-refractivity contribution is 0.0729. The van der Waals surface area contributed by atoms with Gasteiger partial charge in [-0.3, -0.25) is 4.79 Å². The molecule has 0 unspecified atom stereocenters. The van der Waals surface area contributed by atoms with Crippen molar-refractivity contribution >= 4 is 40.8 Å². The molecule has 1 aromatic heterocycles. The Hall–Kier alpha value is -2.89. The fourth-order valence-electron chi connectivity index (χ4n) is 2.39. The standard InChI is InChI=1S/C21H15ClO4S/c1-25-19-7-3-2-6-16(19)21(24)26-20-11-8-14(22)13-17(20)18(23)10-9-15-5-4-12-27-15/h2-13H,1H3/b10-9+. The van der Waals surface area contributed by atoms with Crippen molar-refractivity contribution in [2.24, 2.45) is 0 Å². The summed E-state index contributed by atoms with van der Waals surface area (Å²) in [5.41, 5.74) is 0.473. The number of allylic oxidation sites excluding steroid dienone is 1. The molecule has 0 N–H and O–H groups in total. The molecule has 4 nitrogen and oxygen atoms in total. The van der Waals surface area contributed by atoms with Crippen LogP contribution in [0.1, 0.15) is 25.6 Å². The second-order valence-corrected chi connectivity index (χ2v) is 6.86. The molecule has 0 aliphatic carbocycles. The van der Waals surface area contributed by atoms with Crippen LogP contribution in [0.3, 0.4) is 0 Å². The summed E-state index contributed by atoms with van der Waals surface area (Å²) in [5, 5.41) is 2.30. The van der Waals surface area contributed by atoms with Gasteiger partial charge in [0.1, 0.15) is 17.1 Å². The number of carbonyl (C=O) groups excluding carboxylic acids is 2. The van der Waals surface area contributed by atoms with E-state index in [1.165, 1.54) is 36.7 Å². The number of ketones is 1. The molecule has 27 heavy (non-hydrogen) atoms. The molecule has 0 saturated heterocycles. The molecule has 0 amide bonds. The van der Waals surface area contributed by atoms with Crippen molar-refractivity contribution in [1.82, 2.24) is 0 Å². The number of halogens is 1. The Morgan fingerprint density at radius 3 is 2.56 bits per heavy atom. The van der Waals surface area contributed by atoms with E-state index in [2.05, 4.69) is 0 Å². The number of rotatable bonds is 6. The molecule has 136 valence electrons. The van der Waals surface area contributed by atoms with E-state index in [4.69, 9.17) is 21.1 Å². The molecule has 0 atom stereocenters. The van der Waals surface area contributed by atoms with Crippen LogP contribution in [0.4, 0.5) is 0 Å². The van der Waals surface area contributed by atoms with Gasteiger partial charge in [0.05, 0.1) is 12.7 Å². The van der Waals surface area contributed by atoms with Gasteiger partial charge in [-0.1, -0.05) is 29.8 Å². The molecular weight excluding hydrogens is 384 g/mol. The highest BCUT2D eigenvalue weighted by Crippen LogP contribution is 2.27. The maximum absolute atomic E-state index is 12.6. The smallest absolute Gasteiger partial charge is 0.347 e. The summed E-state index contributed by atoms with van der Waals surface area (Å²) >= 11 is 7.54. The van der Waals surface area contributed by atoms with Gasteiger partial charge in [0, 0.05) is 9.90 Å². The molecule has 1 heterocycles. The van der Waals surface area contributed by atoms with Crippen LogP contribution < -0.4 is 9.47 Å². The molecular formula is C21H15ClO4S. The van der Waals surface area contributed by atoms with E-state index in [1.807, 2.05) is 17.5 Å². The van der Waals surface area contributed by atoms with Crippen molar-refractivity contribution in [3.8, 4) is 11.5 Å². The number of ether oxygens (including phenoxy) is 2. The predicted molar refractivity (Wildman–Crippen MR) is 107 cm³/mol. The Morgan fingerprint density at radius 1 is 1.00 bits per heavy atom. The van der Waals surface area contributed by atoms with E-state index in [0.717, 1.165) is 4.88 Å². The van der Waals surface area contributed by atoms with E-state index in [9.17, 15) is 9.59 Å². The van der Waals surface area contributed by atoms with Crippen LogP contribution in [0, 0.1) is 0 Å². The molecule has 0 bridgehead atoms. The Kier molecular flexibility index (Phi) is 6.06. The zero-order valence-corrected chi connectivity index (χ0v) is 15.9. The number of thiophene rings is 1. The molecule has 0 saturated carbocycles. The van der Waals surface area contributed by atoms with Gasteiger partial charge in [0.15, 0.2) is 5.78 Å². The first-order valence-corrected chi connectivity index (χ1v) is 9.25. The average Bonchev–Trinajstić information content (AvgIpc) is 3.21. The third-order valence-corrected chi connectivity index (χ3v) is 4.75. The third kappa shape index (κ3) is 4.64. The van der Waals surface area contributed by atoms with Crippen molar-refractivity contribution in [2.45, 2.75) is 0 Å². The Balaban J connectivity index is 1.88. The Labute approximate surface area is 165 Å². The van der Waals surface area contributed by atoms with Crippen LogP contribution in [0.25, 0.3) is 6.08 Å². The average molecular weight is 399 g/mol. The van der Waals surface area contributed by atoms with E-state index in [1.54, 1.807) is 36.4 Å². The van der Waals surface area contributed by atoms with Crippen molar-refractivity contribution in [3.63, 3.8) is 0 Å². The Bertz CT molecular complexity index is 993. The second kappa shape index (κ2) is 8.66. The molecule has 0 spiro atoms. The topological polar surface area (TPSA) is 52.6 Å². The van der Waals surface area contributed by atoms with Crippen molar-refractivity contribution in [1.29, 1.82) is 0 Å². The number of methoxy groups -OCH3 is 1. The molecule has 0 aliphatic rings. The Morgan fingerprint density at radius 2 is 1.81 bits per heavy atom. The zero-order chi connectivity index (χ0) is 19.2. The first-order valence-electron chi connectivity index (χ1n) is 7.99. The molecule has 0 fully saturated rings. The molecule has 0 radical (unpaired) electrons. The lowest BCUT2D eigenvalue weighted by Gasteiger charge is -2.11. The summed E-state index contributed by atoms with van der Waals surface area (Å²) in [7, 11) is 1.47. The first-order chi connectivity index (χ1) is 13.1. The van der Waals surface area contributed by atoms with Gasteiger partial charge in [0.2, 0.25) is 0 Å². The largest absolute Gasteiger partial charge is 0.496 e. The van der Waals surface area contributed by atoms with Crippen molar-refractivity contribution < 1.29 is 19.1 Å². The van der Waals surface area contributed by atoms with Crippen LogP contribution in [0.2, 0.25) is 5.02 Å². The van der Waals surface area contributed by atoms with E-state index < -0.39 is 5.97 Å². The SMILES string of the molecule is COc1ccccc1C(=O)Oc1ccc(Cl)cc1C(=O)/C=C/c1cccs1. The highest BCUT2D eigenvalue weighted by Gasteiger charge is 2.18. The number of hydrogen-bond donors (Lipinski definition) is 0. The number of carbonyl (C=O) groups is 2. The maximum Gasteiger partial charge on any atom is 0.347 e. The van der Waals surface area contributed by atoms with Gasteiger partial charge in [-0.25, -0.2) is 4.79 Å². The summed E-state index contributed by atoms with van der Waals surface area (Å²) in [6.45, 7) is 0. The summed E-state index contributed by atoms with van der Waals surface area (Å²) in [6.07, 6.45) is 3.14. The number of para-hydroxylation sites is 1. The van der Waals surface area contributed by atoms with Gasteiger partial charge >= 0.3 is 5.97 Å². The van der Waals surface area contributed by atoms with Crippen LogP contribution in [-0.4, -0.2) is 18.9 Å². The summed E-state index contributed by atoms with van der Waals surface area (Å²) < 4.78 is 10.6. The molecule has 3 rings (SSSR count). The monoisotopic (exact) mass is 398 g/mol. The fraction of sp³-hybridized carbons (Fsp3) is 0.0476. The van der Waals surface area contributed by atoms with Crippen LogP contribution in [0.5, 0.6) is 11.5 Å². The lowest BCUT2D eigenvalue weighted by atomic mass is 10.1. The maximum atomic E-state index is 12.6. The molecule has 0 aliphatic heterocycles. The van der Waals surface area contributed by atoms with E-state index in [-0.39, 0.29) is 22.7 Å². The molecule has 3 aromatic rings. The minimum Gasteiger partial charge on any atom is -0.496 e. The fourth-order valence-corrected chi connectivity index (χ4v) is 3.18. The van der Waals surface area contributed by atoms with Crippen LogP contribution in [0.15, 0.2) is 66.1 Å². The lowest BCUT2D eigenvalue weighted by Crippen LogP contribution is -2.12. The summed E-state index contributed by atoms with van der Waals surface area (Å²) in [4.78, 5) is 26.1. The molecule has 2 aromatic carbocycles. The van der Waals surface area contributed by atoms with Crippen molar-refractivity contribution in [3.05, 3.63) is 87.1 Å². The highest BCUT2D eigenvalue weighted by atomic mass is 35.5. The normalized spacial score (nSPS) is 10.7. The number of benzene rings is 2. The summed E-state index contributed by atoms with van der Waals surface area (Å²) in [6, 6.07) is 15.0. The minimum absolute atomic E-state index is 0.135. The highest BCUT2D eigenvalue weighted by molar-refractivity contribution is 7.10. The second-order valence-electron chi connectivity index (χ2n) is 5.44. The first kappa shape index (κ1) is 18.9. The van der Waals surface area contributed by atoms with Crippen molar-refractivity contribution in [2.75, 3.05) is 7.11 Å². The zero-order valence-electron chi connectivity index (χ0n) is 14.3. The van der Waals surface area contributed by atoms with Crippen LogP contribution in [-0.2, 0) is 0 Å². The third-order valence-electron chi connectivity index (χ3n) is 3.68. The van der Waals surface area contributed by atoms with E-state index >= 15 is 0 Å². The van der Waals surface area contributed by atoms with Gasteiger partial charge in [-0.15, -0.1) is 11.3 Å². The van der Waals surface area contributed by atoms with Crippen LogP contribution >= 0.6 is 22.9 Å². The predicted octanol–water partition coefficient (Wildman–Crippen LogP) is 5.53. The minimum atomic E-state index is -0.619. The van der Waals surface area contributed by atoms with Gasteiger partial charge in [-0.2, -0.15) is 0 Å².